The fourth-order valence-electron chi connectivity index (χ4n) is 2.62. The molecule has 1 aliphatic heterocycles. The summed E-state index contributed by atoms with van der Waals surface area (Å²) in [7, 11) is 4.36. The Kier molecular flexibility index (Phi) is 7.46. The SMILES string of the molecule is CN(CCCN1CCN(C)CC1)CCOc1cccc(Cl)c1. The highest BCUT2D eigenvalue weighted by Crippen LogP contribution is 2.16. The summed E-state index contributed by atoms with van der Waals surface area (Å²) in [5, 5.41) is 0.720. The second-order valence-corrected chi connectivity index (χ2v) is 6.54. The van der Waals surface area contributed by atoms with Gasteiger partial charge in [-0.3, -0.25) is 0 Å². The van der Waals surface area contributed by atoms with Crippen LogP contribution in [0.3, 0.4) is 0 Å². The molecule has 22 heavy (non-hydrogen) atoms. The molecule has 2 rings (SSSR count). The van der Waals surface area contributed by atoms with Crippen molar-refractivity contribution in [2.45, 2.75) is 6.42 Å². The van der Waals surface area contributed by atoms with Gasteiger partial charge < -0.3 is 19.4 Å². The lowest BCUT2D eigenvalue weighted by molar-refractivity contribution is 0.146. The summed E-state index contributed by atoms with van der Waals surface area (Å²) in [6.45, 7) is 8.77. The zero-order chi connectivity index (χ0) is 15.8. The Labute approximate surface area is 139 Å². The maximum atomic E-state index is 5.94. The fraction of sp³-hybridized carbons (Fsp3) is 0.647. The summed E-state index contributed by atoms with van der Waals surface area (Å²) >= 11 is 5.94. The van der Waals surface area contributed by atoms with Crippen molar-refractivity contribution >= 4 is 11.6 Å². The molecular formula is C17H28ClN3O. The number of benzene rings is 1. The van der Waals surface area contributed by atoms with Crippen LogP contribution in [0.15, 0.2) is 24.3 Å². The van der Waals surface area contributed by atoms with Gasteiger partial charge in [0.25, 0.3) is 0 Å². The predicted molar refractivity (Wildman–Crippen MR) is 93.0 cm³/mol. The molecule has 4 nitrogen and oxygen atoms in total. The third-order valence-corrected chi connectivity index (χ3v) is 4.38. The van der Waals surface area contributed by atoms with Crippen molar-refractivity contribution in [2.75, 3.05) is 66.5 Å². The molecule has 1 saturated heterocycles. The lowest BCUT2D eigenvalue weighted by Gasteiger charge is -2.32. The van der Waals surface area contributed by atoms with Gasteiger partial charge in [-0.15, -0.1) is 0 Å². The Morgan fingerprint density at radius 3 is 2.68 bits per heavy atom. The van der Waals surface area contributed by atoms with E-state index < -0.39 is 0 Å². The largest absolute Gasteiger partial charge is 0.492 e. The first-order valence-corrected chi connectivity index (χ1v) is 8.49. The summed E-state index contributed by atoms with van der Waals surface area (Å²) in [5.41, 5.74) is 0. The Morgan fingerprint density at radius 1 is 1.18 bits per heavy atom. The average molecular weight is 326 g/mol. The Bertz CT molecular complexity index is 436. The predicted octanol–water partition coefficient (Wildman–Crippen LogP) is 2.29. The monoisotopic (exact) mass is 325 g/mol. The van der Waals surface area contributed by atoms with Crippen molar-refractivity contribution in [3.63, 3.8) is 0 Å². The molecule has 0 unspecified atom stereocenters. The molecule has 124 valence electrons. The molecule has 1 fully saturated rings. The number of hydrogen-bond acceptors (Lipinski definition) is 4. The summed E-state index contributed by atoms with van der Waals surface area (Å²) in [4.78, 5) is 7.30. The van der Waals surface area contributed by atoms with E-state index in [1.807, 2.05) is 24.3 Å². The van der Waals surface area contributed by atoms with Crippen LogP contribution in [0.2, 0.25) is 5.02 Å². The highest BCUT2D eigenvalue weighted by Gasteiger charge is 2.13. The van der Waals surface area contributed by atoms with E-state index in [1.165, 1.54) is 39.1 Å². The van der Waals surface area contributed by atoms with E-state index in [9.17, 15) is 0 Å². The highest BCUT2D eigenvalue weighted by molar-refractivity contribution is 6.30. The number of ether oxygens (including phenoxy) is 1. The van der Waals surface area contributed by atoms with Gasteiger partial charge in [0.2, 0.25) is 0 Å². The standard InChI is InChI=1S/C17H28ClN3O/c1-19(7-4-8-21-11-9-20(2)10-12-21)13-14-22-17-6-3-5-16(18)15-17/h3,5-6,15H,4,7-14H2,1-2H3. The van der Waals surface area contributed by atoms with Gasteiger partial charge in [-0.2, -0.15) is 0 Å². The topological polar surface area (TPSA) is 19.0 Å². The molecule has 0 N–H and O–H groups in total. The molecule has 1 aromatic carbocycles. The van der Waals surface area contributed by atoms with E-state index >= 15 is 0 Å². The second-order valence-electron chi connectivity index (χ2n) is 6.11. The molecule has 1 aromatic rings. The molecule has 0 spiro atoms. The van der Waals surface area contributed by atoms with E-state index in [2.05, 4.69) is 28.8 Å². The van der Waals surface area contributed by atoms with Gasteiger partial charge in [0.05, 0.1) is 0 Å². The van der Waals surface area contributed by atoms with Crippen molar-refractivity contribution in [1.82, 2.24) is 14.7 Å². The van der Waals surface area contributed by atoms with Gasteiger partial charge in [0, 0.05) is 37.7 Å². The molecule has 0 aliphatic carbocycles. The molecule has 0 bridgehead atoms. The quantitative estimate of drug-likeness (QED) is 0.730. The number of piperazine rings is 1. The maximum absolute atomic E-state index is 5.94. The molecule has 5 heteroatoms. The van der Waals surface area contributed by atoms with Crippen molar-refractivity contribution < 1.29 is 4.74 Å². The van der Waals surface area contributed by atoms with Crippen LogP contribution in [0.1, 0.15) is 6.42 Å². The van der Waals surface area contributed by atoms with Crippen LogP contribution >= 0.6 is 11.6 Å². The smallest absolute Gasteiger partial charge is 0.120 e. The number of halogens is 1. The van der Waals surface area contributed by atoms with E-state index in [1.54, 1.807) is 0 Å². The van der Waals surface area contributed by atoms with Crippen LogP contribution in [0.25, 0.3) is 0 Å². The number of likely N-dealkylation sites (N-methyl/N-ethyl adjacent to an activating group) is 2. The summed E-state index contributed by atoms with van der Waals surface area (Å²) in [6.07, 6.45) is 1.22. The normalized spacial score (nSPS) is 17.1. The van der Waals surface area contributed by atoms with E-state index in [-0.39, 0.29) is 0 Å². The first-order valence-electron chi connectivity index (χ1n) is 8.11. The van der Waals surface area contributed by atoms with Crippen molar-refractivity contribution in [3.8, 4) is 5.75 Å². The molecule has 0 aromatic heterocycles. The summed E-state index contributed by atoms with van der Waals surface area (Å²) in [6, 6.07) is 7.57. The number of hydrogen-bond donors (Lipinski definition) is 0. The molecular weight excluding hydrogens is 298 g/mol. The molecule has 0 saturated carbocycles. The minimum Gasteiger partial charge on any atom is -0.492 e. The zero-order valence-electron chi connectivity index (χ0n) is 13.8. The molecule has 1 heterocycles. The van der Waals surface area contributed by atoms with E-state index in [4.69, 9.17) is 16.3 Å². The Balaban J connectivity index is 1.53. The van der Waals surface area contributed by atoms with Gasteiger partial charge in [0.15, 0.2) is 0 Å². The number of rotatable bonds is 8. The third kappa shape index (κ3) is 6.53. The molecule has 0 atom stereocenters. The van der Waals surface area contributed by atoms with Gasteiger partial charge >= 0.3 is 0 Å². The average Bonchev–Trinajstić information content (AvgIpc) is 2.49. The maximum Gasteiger partial charge on any atom is 0.120 e. The van der Waals surface area contributed by atoms with Crippen LogP contribution in [0.5, 0.6) is 5.75 Å². The van der Waals surface area contributed by atoms with Crippen LogP contribution in [0.4, 0.5) is 0 Å². The van der Waals surface area contributed by atoms with E-state index in [0.29, 0.717) is 6.61 Å². The van der Waals surface area contributed by atoms with Crippen LogP contribution in [-0.2, 0) is 0 Å². The lowest BCUT2D eigenvalue weighted by atomic mass is 10.3. The van der Waals surface area contributed by atoms with Crippen LogP contribution in [0, 0.1) is 0 Å². The van der Waals surface area contributed by atoms with Gasteiger partial charge in [-0.1, -0.05) is 17.7 Å². The zero-order valence-corrected chi connectivity index (χ0v) is 14.6. The van der Waals surface area contributed by atoms with Gasteiger partial charge in [-0.25, -0.2) is 0 Å². The fourth-order valence-corrected chi connectivity index (χ4v) is 2.80. The first kappa shape index (κ1) is 17.5. The van der Waals surface area contributed by atoms with Crippen molar-refractivity contribution in [1.29, 1.82) is 0 Å². The lowest BCUT2D eigenvalue weighted by Crippen LogP contribution is -2.45. The van der Waals surface area contributed by atoms with E-state index in [0.717, 1.165) is 23.9 Å². The Hall–Kier alpha value is -0.810. The van der Waals surface area contributed by atoms with Gasteiger partial charge in [0.1, 0.15) is 12.4 Å². The third-order valence-electron chi connectivity index (χ3n) is 4.15. The van der Waals surface area contributed by atoms with Crippen LogP contribution in [-0.4, -0.2) is 81.2 Å². The summed E-state index contributed by atoms with van der Waals surface area (Å²) < 4.78 is 5.72. The van der Waals surface area contributed by atoms with Crippen molar-refractivity contribution in [2.24, 2.45) is 0 Å². The molecule has 0 radical (unpaired) electrons. The highest BCUT2D eigenvalue weighted by atomic mass is 35.5. The minimum atomic E-state index is 0.700. The molecule has 0 amide bonds. The van der Waals surface area contributed by atoms with Crippen molar-refractivity contribution in [3.05, 3.63) is 29.3 Å². The minimum absolute atomic E-state index is 0.700. The Morgan fingerprint density at radius 2 is 1.95 bits per heavy atom. The molecule has 1 aliphatic rings. The van der Waals surface area contributed by atoms with Gasteiger partial charge in [-0.05, 0) is 51.8 Å². The van der Waals surface area contributed by atoms with Crippen LogP contribution < -0.4 is 4.74 Å². The first-order chi connectivity index (χ1) is 10.6. The second kappa shape index (κ2) is 9.36. The summed E-state index contributed by atoms with van der Waals surface area (Å²) in [5.74, 6) is 0.846. The number of nitrogens with zero attached hydrogens (tertiary/aromatic N) is 3.